The Morgan fingerprint density at radius 2 is 2.00 bits per heavy atom. The van der Waals surface area contributed by atoms with Crippen molar-refractivity contribution in [3.63, 3.8) is 0 Å². The van der Waals surface area contributed by atoms with Crippen molar-refractivity contribution >= 4 is 17.0 Å². The van der Waals surface area contributed by atoms with E-state index in [0.717, 1.165) is 32.5 Å². The maximum Gasteiger partial charge on any atom is 0.407 e. The fraction of sp³-hybridized carbons (Fsp3) is 0.526. The molecule has 2 heterocycles. The van der Waals surface area contributed by atoms with Crippen LogP contribution in [0.2, 0.25) is 0 Å². The Bertz CT molecular complexity index is 694. The molecule has 1 fully saturated rings. The Morgan fingerprint density at radius 1 is 1.29 bits per heavy atom. The van der Waals surface area contributed by atoms with E-state index in [0.29, 0.717) is 0 Å². The Labute approximate surface area is 143 Å². The number of benzene rings is 1. The van der Waals surface area contributed by atoms with Crippen molar-refractivity contribution in [2.45, 2.75) is 51.8 Å². The molecule has 1 saturated heterocycles. The van der Waals surface area contributed by atoms with Gasteiger partial charge in [-0.3, -0.25) is 4.90 Å². The van der Waals surface area contributed by atoms with E-state index in [1.165, 1.54) is 16.5 Å². The number of hydrogen-bond donors (Lipinski definition) is 2. The zero-order chi connectivity index (χ0) is 17.2. The van der Waals surface area contributed by atoms with Gasteiger partial charge >= 0.3 is 6.09 Å². The summed E-state index contributed by atoms with van der Waals surface area (Å²) >= 11 is 0. The van der Waals surface area contributed by atoms with E-state index in [1.54, 1.807) is 0 Å². The van der Waals surface area contributed by atoms with Crippen LogP contribution in [0.1, 0.15) is 39.2 Å². The summed E-state index contributed by atoms with van der Waals surface area (Å²) in [4.78, 5) is 17.6. The van der Waals surface area contributed by atoms with Crippen molar-refractivity contribution in [1.82, 2.24) is 15.2 Å². The van der Waals surface area contributed by atoms with Crippen LogP contribution in [0.15, 0.2) is 30.5 Å². The SMILES string of the molecule is CC(C)(C)OC(=O)NC1CCN(Cc2c[nH]c3ccccc23)CC1. The van der Waals surface area contributed by atoms with Gasteiger partial charge in [-0.25, -0.2) is 4.79 Å². The van der Waals surface area contributed by atoms with Gasteiger partial charge < -0.3 is 15.0 Å². The Balaban J connectivity index is 1.49. The van der Waals surface area contributed by atoms with E-state index in [9.17, 15) is 4.79 Å². The number of hydrogen-bond acceptors (Lipinski definition) is 3. The Hall–Kier alpha value is -2.01. The molecule has 0 atom stereocenters. The molecule has 0 unspecified atom stereocenters. The molecule has 5 nitrogen and oxygen atoms in total. The lowest BCUT2D eigenvalue weighted by molar-refractivity contribution is 0.0477. The van der Waals surface area contributed by atoms with Gasteiger partial charge in [-0.05, 0) is 45.2 Å². The molecule has 1 aliphatic rings. The van der Waals surface area contributed by atoms with E-state index in [-0.39, 0.29) is 12.1 Å². The number of aromatic amines is 1. The fourth-order valence-corrected chi connectivity index (χ4v) is 3.21. The quantitative estimate of drug-likeness (QED) is 0.903. The van der Waals surface area contributed by atoms with Crippen LogP contribution in [0.5, 0.6) is 0 Å². The van der Waals surface area contributed by atoms with Gasteiger partial charge in [0.2, 0.25) is 0 Å². The molecule has 1 amide bonds. The van der Waals surface area contributed by atoms with Gasteiger partial charge in [0.15, 0.2) is 0 Å². The standard InChI is InChI=1S/C19H27N3O2/c1-19(2,3)24-18(23)21-15-8-10-22(11-9-15)13-14-12-20-17-7-5-4-6-16(14)17/h4-7,12,15,20H,8-11,13H2,1-3H3,(H,21,23). The van der Waals surface area contributed by atoms with Gasteiger partial charge in [0.05, 0.1) is 0 Å². The van der Waals surface area contributed by atoms with Crippen LogP contribution in [0, 0.1) is 0 Å². The number of H-pyrrole nitrogens is 1. The molecule has 1 aliphatic heterocycles. The van der Waals surface area contributed by atoms with Crippen molar-refractivity contribution in [1.29, 1.82) is 0 Å². The van der Waals surface area contributed by atoms with Crippen molar-refractivity contribution in [2.75, 3.05) is 13.1 Å². The molecule has 1 aromatic heterocycles. The molecular weight excluding hydrogens is 302 g/mol. The van der Waals surface area contributed by atoms with Gasteiger partial charge in [0.25, 0.3) is 0 Å². The summed E-state index contributed by atoms with van der Waals surface area (Å²) in [6.45, 7) is 8.58. The number of nitrogens with zero attached hydrogens (tertiary/aromatic N) is 1. The summed E-state index contributed by atoms with van der Waals surface area (Å²) in [5, 5.41) is 4.29. The van der Waals surface area contributed by atoms with Crippen LogP contribution in [0.3, 0.4) is 0 Å². The summed E-state index contributed by atoms with van der Waals surface area (Å²) in [7, 11) is 0. The summed E-state index contributed by atoms with van der Waals surface area (Å²) in [5.41, 5.74) is 2.08. The van der Waals surface area contributed by atoms with E-state index in [1.807, 2.05) is 20.8 Å². The number of fused-ring (bicyclic) bond motifs is 1. The lowest BCUT2D eigenvalue weighted by Gasteiger charge is -2.32. The van der Waals surface area contributed by atoms with E-state index < -0.39 is 5.60 Å². The molecule has 3 rings (SSSR count). The first kappa shape index (κ1) is 16.8. The number of alkyl carbamates (subject to hydrolysis) is 1. The maximum atomic E-state index is 11.9. The van der Waals surface area contributed by atoms with Gasteiger partial charge in [0.1, 0.15) is 5.60 Å². The minimum absolute atomic E-state index is 0.207. The number of ether oxygens (including phenoxy) is 1. The molecule has 0 spiro atoms. The second-order valence-corrected chi connectivity index (χ2v) is 7.56. The highest BCUT2D eigenvalue weighted by atomic mass is 16.6. The number of carbonyl (C=O) groups is 1. The lowest BCUT2D eigenvalue weighted by atomic mass is 10.0. The Kier molecular flexibility index (Phi) is 4.81. The number of likely N-dealkylation sites (tertiary alicyclic amines) is 1. The highest BCUT2D eigenvalue weighted by molar-refractivity contribution is 5.82. The monoisotopic (exact) mass is 329 g/mol. The highest BCUT2D eigenvalue weighted by Crippen LogP contribution is 2.21. The molecule has 0 bridgehead atoms. The van der Waals surface area contributed by atoms with Crippen molar-refractivity contribution in [3.8, 4) is 0 Å². The largest absolute Gasteiger partial charge is 0.444 e. The summed E-state index contributed by atoms with van der Waals surface area (Å²) in [5.74, 6) is 0. The third-order valence-corrected chi connectivity index (χ3v) is 4.38. The number of nitrogens with one attached hydrogen (secondary N) is 2. The number of rotatable bonds is 3. The number of para-hydroxylation sites is 1. The predicted octanol–water partition coefficient (Wildman–Crippen LogP) is 3.66. The van der Waals surface area contributed by atoms with Crippen LogP contribution in [-0.4, -0.2) is 40.7 Å². The van der Waals surface area contributed by atoms with Gasteiger partial charge in [-0.1, -0.05) is 18.2 Å². The number of piperidine rings is 1. The molecule has 0 saturated carbocycles. The summed E-state index contributed by atoms with van der Waals surface area (Å²) in [6.07, 6.45) is 3.72. The zero-order valence-corrected chi connectivity index (χ0v) is 14.8. The smallest absolute Gasteiger partial charge is 0.407 e. The Morgan fingerprint density at radius 3 is 2.71 bits per heavy atom. The lowest BCUT2D eigenvalue weighted by Crippen LogP contribution is -2.45. The molecule has 24 heavy (non-hydrogen) atoms. The van der Waals surface area contributed by atoms with Gasteiger partial charge in [-0.2, -0.15) is 0 Å². The second-order valence-electron chi connectivity index (χ2n) is 7.56. The van der Waals surface area contributed by atoms with Crippen LogP contribution in [0.4, 0.5) is 4.79 Å². The van der Waals surface area contributed by atoms with E-state index >= 15 is 0 Å². The normalized spacial score (nSPS) is 17.1. The first-order chi connectivity index (χ1) is 11.4. The molecule has 5 heteroatoms. The molecule has 0 radical (unpaired) electrons. The summed E-state index contributed by atoms with van der Waals surface area (Å²) in [6, 6.07) is 8.61. The first-order valence-corrected chi connectivity index (χ1v) is 8.67. The van der Waals surface area contributed by atoms with Gasteiger partial charge in [-0.15, -0.1) is 0 Å². The predicted molar refractivity (Wildman–Crippen MR) is 96.0 cm³/mol. The number of aromatic nitrogens is 1. The average molecular weight is 329 g/mol. The van der Waals surface area contributed by atoms with Crippen molar-refractivity contribution in [3.05, 3.63) is 36.0 Å². The van der Waals surface area contributed by atoms with Crippen molar-refractivity contribution in [2.24, 2.45) is 0 Å². The van der Waals surface area contributed by atoms with Crippen LogP contribution in [0.25, 0.3) is 10.9 Å². The molecule has 2 aromatic rings. The minimum atomic E-state index is -0.444. The zero-order valence-electron chi connectivity index (χ0n) is 14.8. The molecular formula is C19H27N3O2. The first-order valence-electron chi connectivity index (χ1n) is 8.67. The molecule has 1 aromatic carbocycles. The maximum absolute atomic E-state index is 11.9. The third-order valence-electron chi connectivity index (χ3n) is 4.38. The minimum Gasteiger partial charge on any atom is -0.444 e. The van der Waals surface area contributed by atoms with Crippen LogP contribution >= 0.6 is 0 Å². The molecule has 0 aliphatic carbocycles. The number of carbonyl (C=O) groups excluding carboxylic acids is 1. The number of amides is 1. The van der Waals surface area contributed by atoms with Crippen LogP contribution < -0.4 is 5.32 Å². The fourth-order valence-electron chi connectivity index (χ4n) is 3.21. The topological polar surface area (TPSA) is 57.4 Å². The highest BCUT2D eigenvalue weighted by Gasteiger charge is 2.23. The van der Waals surface area contributed by atoms with E-state index in [4.69, 9.17) is 4.74 Å². The second kappa shape index (κ2) is 6.85. The van der Waals surface area contributed by atoms with Gasteiger partial charge in [0, 0.05) is 42.8 Å². The summed E-state index contributed by atoms with van der Waals surface area (Å²) < 4.78 is 5.33. The molecule has 2 N–H and O–H groups in total. The van der Waals surface area contributed by atoms with E-state index in [2.05, 4.69) is 45.7 Å². The average Bonchev–Trinajstić information content (AvgIpc) is 2.91. The third kappa shape index (κ3) is 4.29. The van der Waals surface area contributed by atoms with Crippen molar-refractivity contribution < 1.29 is 9.53 Å². The van der Waals surface area contributed by atoms with Crippen LogP contribution in [-0.2, 0) is 11.3 Å². The molecule has 130 valence electrons.